The van der Waals surface area contributed by atoms with Gasteiger partial charge in [-0.25, -0.2) is 0 Å². The van der Waals surface area contributed by atoms with E-state index in [9.17, 15) is 19.7 Å². The van der Waals surface area contributed by atoms with Crippen LogP contribution in [0.1, 0.15) is 20.9 Å². The first-order valence-electron chi connectivity index (χ1n) is 9.65. The number of non-ortho nitro benzene ring substituents is 1. The fourth-order valence-electron chi connectivity index (χ4n) is 3.46. The number of nitro groups is 1. The van der Waals surface area contributed by atoms with Crippen molar-refractivity contribution < 1.29 is 23.7 Å². The second-order valence-electron chi connectivity index (χ2n) is 6.90. The molecule has 160 valence electrons. The number of anilines is 2. The number of hydrogen-bond donors (Lipinski definition) is 2. The van der Waals surface area contributed by atoms with Crippen LogP contribution in [-0.2, 0) is 4.74 Å². The number of benzene rings is 2. The Hall–Kier alpha value is -3.92. The zero-order valence-electron chi connectivity index (χ0n) is 16.7. The molecule has 2 N–H and O–H groups in total. The molecule has 0 saturated carbocycles. The van der Waals surface area contributed by atoms with Crippen molar-refractivity contribution in [2.75, 3.05) is 44.0 Å². The van der Waals surface area contributed by atoms with E-state index in [1.165, 1.54) is 18.2 Å². The maximum Gasteiger partial charge on any atom is 0.291 e. The lowest BCUT2D eigenvalue weighted by Gasteiger charge is -2.26. The summed E-state index contributed by atoms with van der Waals surface area (Å²) in [6.45, 7) is 1.68. The largest absolute Gasteiger partial charge is 0.449 e. The summed E-state index contributed by atoms with van der Waals surface area (Å²) in [5.41, 5.74) is 0.947. The number of carbonyl (C=O) groups excluding carboxylic acids is 2. The Morgan fingerprint density at radius 2 is 1.87 bits per heavy atom. The summed E-state index contributed by atoms with van der Waals surface area (Å²) >= 11 is 0. The number of hydrogen-bond acceptors (Lipinski definition) is 7. The highest BCUT2D eigenvalue weighted by atomic mass is 16.6. The fourth-order valence-corrected chi connectivity index (χ4v) is 3.46. The highest BCUT2D eigenvalue weighted by Crippen LogP contribution is 2.33. The summed E-state index contributed by atoms with van der Waals surface area (Å²) in [6, 6.07) is 10.9. The monoisotopic (exact) mass is 424 g/mol. The zero-order chi connectivity index (χ0) is 22.0. The maximum atomic E-state index is 13.1. The van der Waals surface area contributed by atoms with E-state index in [0.29, 0.717) is 43.0 Å². The Balaban J connectivity index is 1.74. The van der Waals surface area contributed by atoms with Gasteiger partial charge < -0.3 is 24.7 Å². The van der Waals surface area contributed by atoms with Gasteiger partial charge in [0, 0.05) is 43.3 Å². The van der Waals surface area contributed by atoms with Crippen molar-refractivity contribution in [3.8, 4) is 0 Å². The van der Waals surface area contributed by atoms with Crippen LogP contribution < -0.4 is 10.6 Å². The molecule has 3 aromatic rings. The summed E-state index contributed by atoms with van der Waals surface area (Å²) in [7, 11) is 1.61. The van der Waals surface area contributed by atoms with Gasteiger partial charge in [-0.2, -0.15) is 0 Å². The Bertz CT molecular complexity index is 1170. The zero-order valence-corrected chi connectivity index (χ0v) is 16.7. The van der Waals surface area contributed by atoms with Crippen LogP contribution in [0.2, 0.25) is 0 Å². The lowest BCUT2D eigenvalue weighted by molar-refractivity contribution is -0.384. The Morgan fingerprint density at radius 1 is 1.13 bits per heavy atom. The Morgan fingerprint density at radius 3 is 2.58 bits per heavy atom. The highest BCUT2D eigenvalue weighted by molar-refractivity contribution is 6.16. The molecule has 2 aromatic carbocycles. The van der Waals surface area contributed by atoms with Gasteiger partial charge in [-0.15, -0.1) is 0 Å². The molecule has 0 spiro atoms. The second kappa shape index (κ2) is 8.44. The number of carbonyl (C=O) groups is 2. The van der Waals surface area contributed by atoms with Crippen molar-refractivity contribution in [3.63, 3.8) is 0 Å². The summed E-state index contributed by atoms with van der Waals surface area (Å²) < 4.78 is 11.1. The second-order valence-corrected chi connectivity index (χ2v) is 6.90. The van der Waals surface area contributed by atoms with E-state index in [1.54, 1.807) is 36.2 Å². The first kappa shape index (κ1) is 20.4. The lowest BCUT2D eigenvalue weighted by Crippen LogP contribution is -2.40. The molecule has 1 aromatic heterocycles. The van der Waals surface area contributed by atoms with Gasteiger partial charge in [0.05, 0.1) is 23.7 Å². The molecule has 0 atom stereocenters. The minimum absolute atomic E-state index is 0.00730. The number of furan rings is 1. The standard InChI is InChI=1S/C21H20N4O6/c1-22-16-7-6-13(25(28)29)12-15(16)20(26)23-18-14-4-2-3-5-17(14)31-19(18)21(27)24-8-10-30-11-9-24/h2-7,12,22H,8-11H2,1H3,(H,23,26). The Labute approximate surface area is 176 Å². The van der Waals surface area contributed by atoms with Crippen LogP contribution in [0.15, 0.2) is 46.9 Å². The van der Waals surface area contributed by atoms with Crippen molar-refractivity contribution >= 4 is 39.8 Å². The van der Waals surface area contributed by atoms with Crippen molar-refractivity contribution in [2.45, 2.75) is 0 Å². The van der Waals surface area contributed by atoms with Gasteiger partial charge in [0.15, 0.2) is 0 Å². The van der Waals surface area contributed by atoms with Gasteiger partial charge in [-0.1, -0.05) is 12.1 Å². The SMILES string of the molecule is CNc1ccc([N+](=O)[O-])cc1C(=O)Nc1c(C(=O)N2CCOCC2)oc2ccccc12. The molecule has 0 bridgehead atoms. The molecular formula is C21H20N4O6. The minimum atomic E-state index is -0.601. The third kappa shape index (κ3) is 3.92. The number of nitro benzene ring substituents is 1. The molecule has 1 aliphatic rings. The first-order valence-corrected chi connectivity index (χ1v) is 9.65. The Kier molecular flexibility index (Phi) is 5.54. The molecule has 0 aliphatic carbocycles. The number of rotatable bonds is 5. The third-order valence-corrected chi connectivity index (χ3v) is 5.05. The summed E-state index contributed by atoms with van der Waals surface area (Å²) in [5.74, 6) is -0.953. The molecule has 1 saturated heterocycles. The molecular weight excluding hydrogens is 404 g/mol. The van der Waals surface area contributed by atoms with E-state index in [1.807, 2.05) is 0 Å². The summed E-state index contributed by atoms with van der Waals surface area (Å²) in [6.07, 6.45) is 0. The van der Waals surface area contributed by atoms with Crippen LogP contribution in [0.4, 0.5) is 17.1 Å². The van der Waals surface area contributed by atoms with E-state index in [0.717, 1.165) is 0 Å². The van der Waals surface area contributed by atoms with Crippen LogP contribution in [-0.4, -0.2) is 55.0 Å². The van der Waals surface area contributed by atoms with Gasteiger partial charge in [0.2, 0.25) is 5.76 Å². The predicted octanol–water partition coefficient (Wildman–Crippen LogP) is 3.11. The highest BCUT2D eigenvalue weighted by Gasteiger charge is 2.28. The molecule has 31 heavy (non-hydrogen) atoms. The first-order chi connectivity index (χ1) is 15.0. The third-order valence-electron chi connectivity index (χ3n) is 5.05. The topological polar surface area (TPSA) is 127 Å². The maximum absolute atomic E-state index is 13.1. The van der Waals surface area contributed by atoms with Gasteiger partial charge >= 0.3 is 0 Å². The van der Waals surface area contributed by atoms with Crippen LogP contribution in [0.3, 0.4) is 0 Å². The fraction of sp³-hybridized carbons (Fsp3) is 0.238. The number of ether oxygens (including phenoxy) is 1. The average Bonchev–Trinajstić information content (AvgIpc) is 3.16. The summed E-state index contributed by atoms with van der Waals surface area (Å²) in [5, 5.41) is 17.3. The smallest absolute Gasteiger partial charge is 0.291 e. The van der Waals surface area contributed by atoms with Crippen LogP contribution in [0.25, 0.3) is 11.0 Å². The molecule has 10 heteroatoms. The van der Waals surface area contributed by atoms with Gasteiger partial charge in [0.25, 0.3) is 17.5 Å². The molecule has 10 nitrogen and oxygen atoms in total. The molecule has 0 radical (unpaired) electrons. The molecule has 4 rings (SSSR count). The van der Waals surface area contributed by atoms with Gasteiger partial charge in [-0.3, -0.25) is 19.7 Å². The van der Waals surface area contributed by atoms with Crippen LogP contribution in [0, 0.1) is 10.1 Å². The van der Waals surface area contributed by atoms with Crippen LogP contribution in [0.5, 0.6) is 0 Å². The molecule has 1 aliphatic heterocycles. The van der Waals surface area contributed by atoms with Gasteiger partial charge in [0.1, 0.15) is 11.3 Å². The van der Waals surface area contributed by atoms with Crippen molar-refractivity contribution in [1.82, 2.24) is 4.90 Å². The number of morpholine rings is 1. The molecule has 1 fully saturated rings. The van der Waals surface area contributed by atoms with E-state index >= 15 is 0 Å². The predicted molar refractivity (Wildman–Crippen MR) is 114 cm³/mol. The number of nitrogens with zero attached hydrogens (tertiary/aromatic N) is 2. The van der Waals surface area contributed by atoms with Crippen molar-refractivity contribution in [3.05, 3.63) is 63.9 Å². The molecule has 0 unspecified atom stereocenters. The van der Waals surface area contributed by atoms with Crippen LogP contribution >= 0.6 is 0 Å². The van der Waals surface area contributed by atoms with Gasteiger partial charge in [-0.05, 0) is 18.2 Å². The number of fused-ring (bicyclic) bond motifs is 1. The van der Waals surface area contributed by atoms with E-state index in [4.69, 9.17) is 9.15 Å². The van der Waals surface area contributed by atoms with Crippen molar-refractivity contribution in [2.24, 2.45) is 0 Å². The number of para-hydroxylation sites is 1. The quantitative estimate of drug-likeness (QED) is 0.476. The molecule has 2 heterocycles. The van der Waals surface area contributed by atoms with Crippen molar-refractivity contribution in [1.29, 1.82) is 0 Å². The average molecular weight is 424 g/mol. The van der Waals surface area contributed by atoms with E-state index < -0.39 is 10.8 Å². The number of amides is 2. The lowest BCUT2D eigenvalue weighted by atomic mass is 10.1. The molecule has 2 amide bonds. The minimum Gasteiger partial charge on any atom is -0.449 e. The summed E-state index contributed by atoms with van der Waals surface area (Å²) in [4.78, 5) is 38.4. The van der Waals surface area contributed by atoms with E-state index in [2.05, 4.69) is 10.6 Å². The number of nitrogens with one attached hydrogen (secondary N) is 2. The van der Waals surface area contributed by atoms with E-state index in [-0.39, 0.29) is 28.6 Å². The normalized spacial score (nSPS) is 13.8.